The third-order valence-corrected chi connectivity index (χ3v) is 3.81. The van der Waals surface area contributed by atoms with Gasteiger partial charge in [0.1, 0.15) is 11.6 Å². The van der Waals surface area contributed by atoms with Crippen LogP contribution in [0.3, 0.4) is 0 Å². The Morgan fingerprint density at radius 2 is 2.00 bits per heavy atom. The summed E-state index contributed by atoms with van der Waals surface area (Å²) in [6, 6.07) is 5.25. The molecule has 0 spiro atoms. The molecule has 0 bridgehead atoms. The Labute approximate surface area is 111 Å². The lowest BCUT2D eigenvalue weighted by Crippen LogP contribution is -2.08. The maximum Gasteiger partial charge on any atom is 0.164 e. The number of hydrogen-bond donors (Lipinski definition) is 1. The van der Waals surface area contributed by atoms with Gasteiger partial charge in [0.2, 0.25) is 0 Å². The highest BCUT2D eigenvalue weighted by molar-refractivity contribution is 5.59. The van der Waals surface area contributed by atoms with E-state index < -0.39 is 5.82 Å². The molecular formula is C14H17FN4. The van der Waals surface area contributed by atoms with Gasteiger partial charge in [0.25, 0.3) is 0 Å². The first-order chi connectivity index (χ1) is 9.16. The minimum atomic E-state index is -0.406. The van der Waals surface area contributed by atoms with Gasteiger partial charge in [-0.25, -0.2) is 4.39 Å². The molecule has 100 valence electrons. The largest absolute Gasteiger partial charge is 0.396 e. The predicted molar refractivity (Wildman–Crippen MR) is 72.1 cm³/mol. The summed E-state index contributed by atoms with van der Waals surface area (Å²) in [7, 11) is 0. The lowest BCUT2D eigenvalue weighted by molar-refractivity contribution is 0.510. The zero-order valence-electron chi connectivity index (χ0n) is 10.9. The second-order valence-electron chi connectivity index (χ2n) is 5.12. The number of benzene rings is 1. The summed E-state index contributed by atoms with van der Waals surface area (Å²) in [4.78, 5) is 0. The van der Waals surface area contributed by atoms with E-state index in [1.165, 1.54) is 18.9 Å². The fourth-order valence-corrected chi connectivity index (χ4v) is 2.83. The molecule has 1 aromatic carbocycles. The molecule has 0 radical (unpaired) electrons. The van der Waals surface area contributed by atoms with Crippen LogP contribution in [0.1, 0.15) is 37.5 Å². The lowest BCUT2D eigenvalue weighted by atomic mass is 10.1. The molecule has 19 heavy (non-hydrogen) atoms. The molecule has 1 heterocycles. The third kappa shape index (κ3) is 2.09. The van der Waals surface area contributed by atoms with Crippen LogP contribution in [0.2, 0.25) is 0 Å². The fourth-order valence-electron chi connectivity index (χ4n) is 2.83. The Morgan fingerprint density at radius 3 is 2.68 bits per heavy atom. The van der Waals surface area contributed by atoms with Gasteiger partial charge in [-0.05, 0) is 38.0 Å². The number of nitrogens with zero attached hydrogens (tertiary/aromatic N) is 3. The van der Waals surface area contributed by atoms with Crippen LogP contribution in [0, 0.1) is 12.7 Å². The summed E-state index contributed by atoms with van der Waals surface area (Å²) in [6.07, 6.45) is 4.75. The summed E-state index contributed by atoms with van der Waals surface area (Å²) in [6.45, 7) is 1.95. The summed E-state index contributed by atoms with van der Waals surface area (Å²) in [5, 5.41) is 8.36. The third-order valence-electron chi connectivity index (χ3n) is 3.81. The smallest absolute Gasteiger partial charge is 0.164 e. The van der Waals surface area contributed by atoms with Crippen molar-refractivity contribution >= 4 is 5.69 Å². The molecule has 0 atom stereocenters. The number of hydrogen-bond acceptors (Lipinski definition) is 3. The molecule has 1 aliphatic carbocycles. The van der Waals surface area contributed by atoms with Crippen molar-refractivity contribution in [3.05, 3.63) is 29.8 Å². The van der Waals surface area contributed by atoms with Gasteiger partial charge in [-0.15, -0.1) is 10.2 Å². The van der Waals surface area contributed by atoms with Crippen LogP contribution >= 0.6 is 0 Å². The van der Waals surface area contributed by atoms with E-state index in [9.17, 15) is 4.39 Å². The number of anilines is 1. The summed E-state index contributed by atoms with van der Waals surface area (Å²) in [5.74, 6) is 1.22. The zero-order chi connectivity index (χ0) is 13.4. The number of halogens is 1. The Morgan fingerprint density at radius 1 is 1.26 bits per heavy atom. The Hall–Kier alpha value is -1.91. The Balaban J connectivity index is 2.07. The van der Waals surface area contributed by atoms with Crippen molar-refractivity contribution in [3.8, 4) is 11.4 Å². The molecule has 5 heteroatoms. The van der Waals surface area contributed by atoms with Gasteiger partial charge in [-0.3, -0.25) is 0 Å². The average Bonchev–Trinajstić information content (AvgIpc) is 3.01. The number of aryl methyl sites for hydroxylation is 1. The van der Waals surface area contributed by atoms with Gasteiger partial charge < -0.3 is 10.3 Å². The van der Waals surface area contributed by atoms with E-state index in [4.69, 9.17) is 5.73 Å². The van der Waals surface area contributed by atoms with Crippen LogP contribution in [-0.2, 0) is 0 Å². The normalized spacial score (nSPS) is 16.1. The first-order valence-electron chi connectivity index (χ1n) is 6.63. The minimum Gasteiger partial charge on any atom is -0.396 e. The molecule has 1 aromatic heterocycles. The molecule has 3 rings (SSSR count). The summed E-state index contributed by atoms with van der Waals surface area (Å²) >= 11 is 0. The Bertz CT molecular complexity index is 599. The van der Waals surface area contributed by atoms with Crippen molar-refractivity contribution in [2.24, 2.45) is 0 Å². The number of aromatic nitrogens is 3. The maximum absolute atomic E-state index is 13.6. The molecule has 2 aromatic rings. The van der Waals surface area contributed by atoms with Crippen molar-refractivity contribution in [1.29, 1.82) is 0 Å². The SMILES string of the molecule is Cc1nnc(-c2ccc(N)c(F)c2)n1C1CCCC1. The van der Waals surface area contributed by atoms with Crippen LogP contribution in [0.4, 0.5) is 10.1 Å². The Kier molecular flexibility index (Phi) is 2.97. The van der Waals surface area contributed by atoms with Crippen molar-refractivity contribution in [2.75, 3.05) is 5.73 Å². The molecule has 0 saturated heterocycles. The van der Waals surface area contributed by atoms with Crippen molar-refractivity contribution in [1.82, 2.24) is 14.8 Å². The molecule has 2 N–H and O–H groups in total. The highest BCUT2D eigenvalue weighted by Crippen LogP contribution is 2.34. The first-order valence-corrected chi connectivity index (χ1v) is 6.63. The van der Waals surface area contributed by atoms with E-state index in [2.05, 4.69) is 14.8 Å². The average molecular weight is 260 g/mol. The van der Waals surface area contributed by atoms with Crippen LogP contribution in [0.15, 0.2) is 18.2 Å². The van der Waals surface area contributed by atoms with Gasteiger partial charge in [-0.1, -0.05) is 12.8 Å². The van der Waals surface area contributed by atoms with Crippen LogP contribution in [-0.4, -0.2) is 14.8 Å². The van der Waals surface area contributed by atoms with Gasteiger partial charge in [0, 0.05) is 11.6 Å². The van der Waals surface area contributed by atoms with E-state index in [0.717, 1.165) is 30.1 Å². The molecule has 4 nitrogen and oxygen atoms in total. The quantitative estimate of drug-likeness (QED) is 0.844. The minimum absolute atomic E-state index is 0.160. The van der Waals surface area contributed by atoms with E-state index in [1.807, 2.05) is 6.92 Å². The molecule has 0 aliphatic heterocycles. The van der Waals surface area contributed by atoms with Crippen LogP contribution in [0.25, 0.3) is 11.4 Å². The highest BCUT2D eigenvalue weighted by Gasteiger charge is 2.23. The lowest BCUT2D eigenvalue weighted by Gasteiger charge is -2.16. The van der Waals surface area contributed by atoms with Crippen molar-refractivity contribution < 1.29 is 4.39 Å². The monoisotopic (exact) mass is 260 g/mol. The second kappa shape index (κ2) is 4.64. The summed E-state index contributed by atoms with van der Waals surface area (Å²) in [5.41, 5.74) is 6.41. The predicted octanol–water partition coefficient (Wildman–Crippen LogP) is 3.09. The zero-order valence-corrected chi connectivity index (χ0v) is 10.9. The van der Waals surface area contributed by atoms with E-state index >= 15 is 0 Å². The van der Waals surface area contributed by atoms with Gasteiger partial charge in [0.15, 0.2) is 5.82 Å². The standard InChI is InChI=1S/C14H17FN4/c1-9-17-18-14(19(9)11-4-2-3-5-11)10-6-7-13(16)12(15)8-10/h6-8,11H,2-5,16H2,1H3. The van der Waals surface area contributed by atoms with Crippen LogP contribution < -0.4 is 5.73 Å². The van der Waals surface area contributed by atoms with Gasteiger partial charge in [0.05, 0.1) is 5.69 Å². The topological polar surface area (TPSA) is 56.7 Å². The molecule has 1 aliphatic rings. The molecule has 1 saturated carbocycles. The first kappa shape index (κ1) is 12.1. The number of nitrogens with two attached hydrogens (primary N) is 1. The van der Waals surface area contributed by atoms with E-state index in [1.54, 1.807) is 12.1 Å². The maximum atomic E-state index is 13.6. The second-order valence-corrected chi connectivity index (χ2v) is 5.12. The van der Waals surface area contributed by atoms with Gasteiger partial charge in [-0.2, -0.15) is 0 Å². The van der Waals surface area contributed by atoms with Crippen LogP contribution in [0.5, 0.6) is 0 Å². The van der Waals surface area contributed by atoms with Crippen molar-refractivity contribution in [2.45, 2.75) is 38.6 Å². The number of nitrogen functional groups attached to an aromatic ring is 1. The number of rotatable bonds is 2. The van der Waals surface area contributed by atoms with E-state index in [0.29, 0.717) is 6.04 Å². The van der Waals surface area contributed by atoms with E-state index in [-0.39, 0.29) is 5.69 Å². The van der Waals surface area contributed by atoms with Crippen molar-refractivity contribution in [3.63, 3.8) is 0 Å². The molecule has 0 amide bonds. The molecule has 1 fully saturated rings. The fraction of sp³-hybridized carbons (Fsp3) is 0.429. The van der Waals surface area contributed by atoms with Gasteiger partial charge >= 0.3 is 0 Å². The molecule has 0 unspecified atom stereocenters. The highest BCUT2D eigenvalue weighted by atomic mass is 19.1. The molecular weight excluding hydrogens is 243 g/mol. The summed E-state index contributed by atoms with van der Waals surface area (Å²) < 4.78 is 15.7.